The Balaban J connectivity index is 1.88. The van der Waals surface area contributed by atoms with E-state index in [-0.39, 0.29) is 18.0 Å². The van der Waals surface area contributed by atoms with Crippen molar-refractivity contribution in [3.8, 4) is 0 Å². The molecule has 0 spiro atoms. The molecule has 2 unspecified atom stereocenters. The van der Waals surface area contributed by atoms with E-state index in [0.29, 0.717) is 31.3 Å². The Morgan fingerprint density at radius 3 is 2.75 bits per heavy atom. The summed E-state index contributed by atoms with van der Waals surface area (Å²) in [4.78, 5) is 24.6. The lowest BCUT2D eigenvalue weighted by Gasteiger charge is -2.42. The summed E-state index contributed by atoms with van der Waals surface area (Å²) < 4.78 is 15.2. The van der Waals surface area contributed by atoms with E-state index >= 15 is 0 Å². The molecule has 6 heteroatoms. The highest BCUT2D eigenvalue weighted by Gasteiger charge is 2.64. The van der Waals surface area contributed by atoms with Crippen LogP contribution < -0.4 is 0 Å². The molecule has 0 aliphatic heterocycles. The lowest BCUT2D eigenvalue weighted by atomic mass is 9.62. The zero-order valence-electron chi connectivity index (χ0n) is 14.8. The first-order valence-corrected chi connectivity index (χ1v) is 8.40. The number of hydrogen-bond donors (Lipinski definition) is 1. The van der Waals surface area contributed by atoms with Crippen LogP contribution in [-0.2, 0) is 23.8 Å². The van der Waals surface area contributed by atoms with Crippen LogP contribution in [0.5, 0.6) is 0 Å². The minimum absolute atomic E-state index is 0.0543. The number of aliphatic hydroxyl groups is 1. The molecule has 0 aromatic carbocycles. The molecule has 0 bridgehead atoms. The van der Waals surface area contributed by atoms with Crippen molar-refractivity contribution in [2.24, 2.45) is 23.2 Å². The van der Waals surface area contributed by atoms with Crippen molar-refractivity contribution in [1.29, 1.82) is 0 Å². The molecule has 3 rings (SSSR count). The Morgan fingerprint density at radius 1 is 1.42 bits per heavy atom. The number of carbonyl (C=O) groups excluding carboxylic acids is 2. The van der Waals surface area contributed by atoms with Crippen LogP contribution in [0.4, 0.5) is 0 Å². The largest absolute Gasteiger partial charge is 0.467 e. The number of hydrogen-bond acceptors (Lipinski definition) is 6. The SMILES string of the molecule is COCOCC1=C2CC(C(C)(O)C(=O)OC)C(=O)C[C@@]2(C)[C@@H]2C[C@H]12. The van der Waals surface area contributed by atoms with Crippen LogP contribution in [0.15, 0.2) is 11.1 Å². The van der Waals surface area contributed by atoms with Crippen LogP contribution in [-0.4, -0.2) is 50.1 Å². The average Bonchev–Trinajstić information content (AvgIpc) is 3.28. The third kappa shape index (κ3) is 2.52. The fraction of sp³-hybridized carbons (Fsp3) is 0.778. The highest BCUT2D eigenvalue weighted by Crippen LogP contribution is 2.69. The quantitative estimate of drug-likeness (QED) is 0.342. The van der Waals surface area contributed by atoms with E-state index < -0.39 is 17.5 Å². The number of esters is 1. The number of carbonyl (C=O) groups is 2. The first kappa shape index (κ1) is 17.6. The number of rotatable bonds is 6. The van der Waals surface area contributed by atoms with Crippen LogP contribution >= 0.6 is 0 Å². The van der Waals surface area contributed by atoms with Crippen molar-refractivity contribution >= 4 is 11.8 Å². The van der Waals surface area contributed by atoms with Crippen molar-refractivity contribution in [2.75, 3.05) is 27.6 Å². The van der Waals surface area contributed by atoms with Crippen molar-refractivity contribution < 1.29 is 28.9 Å². The van der Waals surface area contributed by atoms with Gasteiger partial charge in [0.2, 0.25) is 0 Å². The third-order valence-electron chi connectivity index (χ3n) is 6.21. The van der Waals surface area contributed by atoms with Gasteiger partial charge < -0.3 is 19.3 Å². The molecule has 2 saturated carbocycles. The number of allylic oxidation sites excluding steroid dienone is 1. The summed E-state index contributed by atoms with van der Waals surface area (Å²) in [5.41, 5.74) is 0.466. The molecule has 0 radical (unpaired) electrons. The van der Waals surface area contributed by atoms with Gasteiger partial charge in [-0.25, -0.2) is 4.79 Å². The number of methoxy groups -OCH3 is 2. The summed E-state index contributed by atoms with van der Waals surface area (Å²) in [6.07, 6.45) is 1.86. The molecular weight excluding hydrogens is 312 g/mol. The molecule has 0 saturated heterocycles. The van der Waals surface area contributed by atoms with E-state index in [9.17, 15) is 14.7 Å². The second-order valence-electron chi connectivity index (χ2n) is 7.66. The van der Waals surface area contributed by atoms with Crippen molar-refractivity contribution in [1.82, 2.24) is 0 Å². The van der Waals surface area contributed by atoms with E-state index in [4.69, 9.17) is 14.2 Å². The lowest BCUT2D eigenvalue weighted by Crippen LogP contribution is -2.51. The van der Waals surface area contributed by atoms with Crippen molar-refractivity contribution in [3.63, 3.8) is 0 Å². The van der Waals surface area contributed by atoms with Crippen LogP contribution in [0.25, 0.3) is 0 Å². The number of ketones is 1. The summed E-state index contributed by atoms with van der Waals surface area (Å²) in [5, 5.41) is 10.6. The van der Waals surface area contributed by atoms with Crippen molar-refractivity contribution in [3.05, 3.63) is 11.1 Å². The molecule has 6 nitrogen and oxygen atoms in total. The monoisotopic (exact) mass is 338 g/mol. The molecule has 24 heavy (non-hydrogen) atoms. The van der Waals surface area contributed by atoms with Gasteiger partial charge in [0.15, 0.2) is 5.60 Å². The second kappa shape index (κ2) is 5.93. The first-order chi connectivity index (χ1) is 11.3. The van der Waals surface area contributed by atoms with Gasteiger partial charge >= 0.3 is 5.97 Å². The van der Waals surface area contributed by atoms with Gasteiger partial charge in [-0.05, 0) is 42.6 Å². The molecule has 3 aliphatic rings. The Bertz CT molecular complexity index is 592. The standard InChI is InChI=1S/C18H26O6/c1-17-7-15(19)14(18(2,21)16(20)23-4)6-13(17)11(8-24-9-22-3)10-5-12(10)17/h10,12,14,21H,5-9H2,1-4H3/t10-,12-,14?,17+,18?/m1/s1. The summed E-state index contributed by atoms with van der Waals surface area (Å²) in [7, 11) is 2.81. The van der Waals surface area contributed by atoms with E-state index in [2.05, 4.69) is 6.92 Å². The number of fused-ring (bicyclic) bond motifs is 3. The lowest BCUT2D eigenvalue weighted by molar-refractivity contribution is -0.170. The smallest absolute Gasteiger partial charge is 0.338 e. The molecule has 1 N–H and O–H groups in total. The summed E-state index contributed by atoms with van der Waals surface area (Å²) in [6.45, 7) is 4.23. The second-order valence-corrected chi connectivity index (χ2v) is 7.66. The van der Waals surface area contributed by atoms with Gasteiger partial charge in [-0.15, -0.1) is 0 Å². The van der Waals surface area contributed by atoms with Gasteiger partial charge in [-0.1, -0.05) is 12.5 Å². The van der Waals surface area contributed by atoms with E-state index in [0.717, 1.165) is 6.42 Å². The zero-order valence-corrected chi connectivity index (χ0v) is 14.8. The fourth-order valence-electron chi connectivity index (χ4n) is 4.79. The van der Waals surface area contributed by atoms with Gasteiger partial charge in [0.05, 0.1) is 19.6 Å². The zero-order chi connectivity index (χ0) is 17.7. The van der Waals surface area contributed by atoms with E-state index in [1.807, 2.05) is 0 Å². The van der Waals surface area contributed by atoms with Crippen molar-refractivity contribution in [2.45, 2.75) is 38.7 Å². The minimum atomic E-state index is -1.80. The molecule has 0 aromatic rings. The van der Waals surface area contributed by atoms with Crippen LogP contribution in [0.1, 0.15) is 33.1 Å². The topological polar surface area (TPSA) is 82.1 Å². The molecule has 0 heterocycles. The molecule has 3 aliphatic carbocycles. The number of Topliss-reactive ketones (excluding diaryl/α,β-unsaturated/α-hetero) is 1. The van der Waals surface area contributed by atoms with E-state index in [1.165, 1.54) is 25.2 Å². The van der Waals surface area contributed by atoms with Crippen LogP contribution in [0.3, 0.4) is 0 Å². The summed E-state index contributed by atoms with van der Waals surface area (Å²) in [6, 6.07) is 0. The first-order valence-electron chi connectivity index (χ1n) is 8.40. The maximum absolute atomic E-state index is 12.7. The minimum Gasteiger partial charge on any atom is -0.467 e. The van der Waals surface area contributed by atoms with Gasteiger partial charge in [0.1, 0.15) is 12.6 Å². The Labute approximate surface area is 142 Å². The predicted molar refractivity (Wildman–Crippen MR) is 84.9 cm³/mol. The summed E-state index contributed by atoms with van der Waals surface area (Å²) in [5.74, 6) is -0.618. The maximum atomic E-state index is 12.7. The Hall–Kier alpha value is -1.24. The van der Waals surface area contributed by atoms with Crippen LogP contribution in [0.2, 0.25) is 0 Å². The molecular formula is C18H26O6. The summed E-state index contributed by atoms with van der Waals surface area (Å²) >= 11 is 0. The molecule has 134 valence electrons. The Kier molecular flexibility index (Phi) is 4.35. The van der Waals surface area contributed by atoms with Gasteiger partial charge in [-0.2, -0.15) is 0 Å². The molecule has 0 amide bonds. The highest BCUT2D eigenvalue weighted by atomic mass is 16.7. The maximum Gasteiger partial charge on any atom is 0.338 e. The normalized spacial score (nSPS) is 36.9. The van der Waals surface area contributed by atoms with E-state index in [1.54, 1.807) is 7.11 Å². The average molecular weight is 338 g/mol. The highest BCUT2D eigenvalue weighted by molar-refractivity contribution is 5.92. The number of ether oxygens (including phenoxy) is 3. The van der Waals surface area contributed by atoms with Gasteiger partial charge in [-0.3, -0.25) is 4.79 Å². The molecule has 2 fully saturated rings. The molecule has 5 atom stereocenters. The van der Waals surface area contributed by atoms with Crippen LogP contribution in [0, 0.1) is 23.2 Å². The fourth-order valence-corrected chi connectivity index (χ4v) is 4.79. The molecule has 0 aromatic heterocycles. The van der Waals surface area contributed by atoms with Gasteiger partial charge in [0.25, 0.3) is 0 Å². The Morgan fingerprint density at radius 2 is 2.12 bits per heavy atom. The predicted octanol–water partition coefficient (Wildman–Crippen LogP) is 1.46. The third-order valence-corrected chi connectivity index (χ3v) is 6.21. The van der Waals surface area contributed by atoms with Gasteiger partial charge in [0, 0.05) is 13.5 Å².